The first-order valence-corrected chi connectivity index (χ1v) is 14.0. The van der Waals surface area contributed by atoms with Gasteiger partial charge in [0.2, 0.25) is 5.75 Å². The topological polar surface area (TPSA) is 49.2 Å². The molecule has 1 heterocycles. The maximum absolute atomic E-state index is 6.21. The van der Waals surface area contributed by atoms with E-state index >= 15 is 0 Å². The molecule has 0 spiro atoms. The predicted molar refractivity (Wildman–Crippen MR) is 161 cm³/mol. The molecule has 1 aliphatic heterocycles. The summed E-state index contributed by atoms with van der Waals surface area (Å²) in [5, 5.41) is 0. The van der Waals surface area contributed by atoms with Crippen LogP contribution in [-0.2, 0) is 26.1 Å². The number of aryl methyl sites for hydroxylation is 1. The Balaban J connectivity index is 1.36. The zero-order valence-electron chi connectivity index (χ0n) is 24.3. The van der Waals surface area contributed by atoms with Crippen LogP contribution in [0, 0.1) is 0 Å². The van der Waals surface area contributed by atoms with Crippen molar-refractivity contribution in [1.82, 2.24) is 0 Å². The van der Waals surface area contributed by atoms with Crippen molar-refractivity contribution in [3.63, 3.8) is 0 Å². The zero-order valence-corrected chi connectivity index (χ0v) is 24.3. The molecule has 0 aliphatic carbocycles. The largest absolute Gasteiger partial charge is 0.493 e. The minimum Gasteiger partial charge on any atom is -0.493 e. The molecule has 6 nitrogen and oxygen atoms in total. The van der Waals surface area contributed by atoms with Crippen molar-refractivity contribution in [2.24, 2.45) is 0 Å². The van der Waals surface area contributed by atoms with Gasteiger partial charge in [-0.2, -0.15) is 0 Å². The molecule has 0 aromatic heterocycles. The Labute approximate surface area is 242 Å². The van der Waals surface area contributed by atoms with Gasteiger partial charge in [-0.05, 0) is 52.9 Å². The Morgan fingerprint density at radius 1 is 0.610 bits per heavy atom. The maximum Gasteiger partial charge on any atom is 0.203 e. The van der Waals surface area contributed by atoms with Crippen LogP contribution in [-0.4, -0.2) is 45.2 Å². The highest BCUT2D eigenvalue weighted by atomic mass is 16.5. The van der Waals surface area contributed by atoms with E-state index in [2.05, 4.69) is 42.0 Å². The molecule has 0 fully saturated rings. The molecule has 0 unspecified atom stereocenters. The fourth-order valence-electron chi connectivity index (χ4n) is 5.27. The molecule has 4 aromatic carbocycles. The first kappa shape index (κ1) is 28.1. The van der Waals surface area contributed by atoms with Gasteiger partial charge in [0.25, 0.3) is 0 Å². The van der Waals surface area contributed by atoms with E-state index in [0.29, 0.717) is 30.5 Å². The maximum atomic E-state index is 6.21. The predicted octanol–water partition coefficient (Wildman–Crippen LogP) is 6.49. The normalized spacial score (nSPS) is 12.5. The van der Waals surface area contributed by atoms with Crippen LogP contribution in [0.1, 0.15) is 34.2 Å². The van der Waals surface area contributed by atoms with Crippen molar-refractivity contribution in [3.8, 4) is 28.7 Å². The summed E-state index contributed by atoms with van der Waals surface area (Å²) >= 11 is 0. The second kappa shape index (κ2) is 13.3. The van der Waals surface area contributed by atoms with E-state index in [1.807, 2.05) is 54.6 Å². The average molecular weight is 553 g/mol. The molecule has 0 radical (unpaired) electrons. The van der Waals surface area contributed by atoms with Crippen LogP contribution < -0.4 is 23.7 Å². The molecule has 0 saturated carbocycles. The molecule has 5 rings (SSSR count). The molecule has 212 valence electrons. The number of nitrogens with zero attached hydrogens (tertiary/aromatic N) is 1. The van der Waals surface area contributed by atoms with E-state index in [4.69, 9.17) is 23.7 Å². The first-order valence-electron chi connectivity index (χ1n) is 14.0. The highest BCUT2D eigenvalue weighted by Gasteiger charge is 2.26. The summed E-state index contributed by atoms with van der Waals surface area (Å²) in [6.07, 6.45) is 2.62. The van der Waals surface area contributed by atoms with Gasteiger partial charge in [-0.25, -0.2) is 4.58 Å². The molecule has 41 heavy (non-hydrogen) atoms. The number of ether oxygens (including phenoxy) is 5. The highest BCUT2D eigenvalue weighted by molar-refractivity contribution is 5.99. The van der Waals surface area contributed by atoms with Crippen molar-refractivity contribution in [1.29, 1.82) is 0 Å². The third kappa shape index (κ3) is 6.65. The van der Waals surface area contributed by atoms with Crippen LogP contribution in [0.3, 0.4) is 0 Å². The van der Waals surface area contributed by atoms with Crippen LogP contribution in [0.25, 0.3) is 0 Å². The van der Waals surface area contributed by atoms with Crippen LogP contribution in [0.15, 0.2) is 84.9 Å². The zero-order chi connectivity index (χ0) is 28.6. The minimum atomic E-state index is 0.450. The fourth-order valence-corrected chi connectivity index (χ4v) is 5.27. The molecule has 1 aliphatic rings. The summed E-state index contributed by atoms with van der Waals surface area (Å²) in [5.74, 6) is 3.47. The average Bonchev–Trinajstić information content (AvgIpc) is 3.02. The number of rotatable bonds is 12. The number of benzene rings is 4. The van der Waals surface area contributed by atoms with E-state index < -0.39 is 0 Å². The Bertz CT molecular complexity index is 1500. The molecule has 0 atom stereocenters. The highest BCUT2D eigenvalue weighted by Crippen LogP contribution is 2.40. The lowest BCUT2D eigenvalue weighted by Crippen LogP contribution is -2.28. The van der Waals surface area contributed by atoms with Gasteiger partial charge in [0.15, 0.2) is 28.7 Å². The first-order chi connectivity index (χ1) is 20.1. The standard InChI is InChI=1S/C35H38NO5/c1-36-18-17-28-21-32(40-23-25-11-7-5-8-12-25)31(37-2)22-29(28)30(36)16-15-27-19-33(38-3)35(39-4)34(20-27)41-24-26-13-9-6-10-14-26/h5-14,19-22H,15-18,23-24H2,1-4H3/q+1. The van der Waals surface area contributed by atoms with Crippen LogP contribution in [0.5, 0.6) is 28.7 Å². The van der Waals surface area contributed by atoms with E-state index in [9.17, 15) is 0 Å². The Hall–Kier alpha value is -4.45. The van der Waals surface area contributed by atoms with Gasteiger partial charge >= 0.3 is 0 Å². The Morgan fingerprint density at radius 3 is 1.83 bits per heavy atom. The second-order valence-corrected chi connectivity index (χ2v) is 10.2. The van der Waals surface area contributed by atoms with Crippen molar-refractivity contribution in [3.05, 3.63) is 113 Å². The van der Waals surface area contributed by atoms with Crippen LogP contribution in [0.4, 0.5) is 0 Å². The van der Waals surface area contributed by atoms with Gasteiger partial charge in [-0.15, -0.1) is 0 Å². The monoisotopic (exact) mass is 552 g/mol. The molecule has 0 amide bonds. The summed E-state index contributed by atoms with van der Waals surface area (Å²) in [4.78, 5) is 0. The fraction of sp³-hybridized carbons (Fsp3) is 0.286. The number of fused-ring (bicyclic) bond motifs is 1. The summed E-state index contributed by atoms with van der Waals surface area (Å²) in [7, 11) is 7.16. The van der Waals surface area contributed by atoms with Crippen molar-refractivity contribution >= 4 is 5.71 Å². The molecule has 0 N–H and O–H groups in total. The third-order valence-corrected chi connectivity index (χ3v) is 7.51. The van der Waals surface area contributed by atoms with Gasteiger partial charge in [0, 0.05) is 18.4 Å². The lowest BCUT2D eigenvalue weighted by atomic mass is 9.92. The summed E-state index contributed by atoms with van der Waals surface area (Å²) < 4.78 is 31.9. The molecule has 0 bridgehead atoms. The molecule has 6 heteroatoms. The lowest BCUT2D eigenvalue weighted by molar-refractivity contribution is -0.499. The van der Waals surface area contributed by atoms with E-state index in [-0.39, 0.29) is 0 Å². The summed E-state index contributed by atoms with van der Waals surface area (Å²) in [5.41, 5.74) is 7.11. The number of likely N-dealkylation sites (N-methyl/N-ethyl adjacent to an activating group) is 1. The molecular weight excluding hydrogens is 514 g/mol. The Kier molecular flexibility index (Phi) is 9.09. The number of hydrogen-bond donors (Lipinski definition) is 0. The number of hydrogen-bond acceptors (Lipinski definition) is 5. The van der Waals surface area contributed by atoms with E-state index in [1.54, 1.807) is 21.3 Å². The molecule has 4 aromatic rings. The van der Waals surface area contributed by atoms with E-state index in [1.165, 1.54) is 16.8 Å². The van der Waals surface area contributed by atoms with Gasteiger partial charge in [0.1, 0.15) is 26.8 Å². The van der Waals surface area contributed by atoms with Gasteiger partial charge < -0.3 is 23.7 Å². The van der Waals surface area contributed by atoms with Crippen LogP contribution >= 0.6 is 0 Å². The van der Waals surface area contributed by atoms with Crippen molar-refractivity contribution in [2.45, 2.75) is 32.5 Å². The Morgan fingerprint density at radius 2 is 1.22 bits per heavy atom. The van der Waals surface area contributed by atoms with Crippen molar-refractivity contribution < 1.29 is 28.3 Å². The van der Waals surface area contributed by atoms with Crippen LogP contribution in [0.2, 0.25) is 0 Å². The summed E-state index contributed by atoms with van der Waals surface area (Å²) in [6, 6.07) is 28.7. The lowest BCUT2D eigenvalue weighted by Gasteiger charge is -2.20. The number of methoxy groups -OCH3 is 3. The van der Waals surface area contributed by atoms with Crippen molar-refractivity contribution in [2.75, 3.05) is 34.9 Å². The minimum absolute atomic E-state index is 0.450. The smallest absolute Gasteiger partial charge is 0.203 e. The van der Waals surface area contributed by atoms with Gasteiger partial charge in [0.05, 0.1) is 21.3 Å². The van der Waals surface area contributed by atoms with E-state index in [0.717, 1.165) is 54.0 Å². The third-order valence-electron chi connectivity index (χ3n) is 7.51. The quantitative estimate of drug-likeness (QED) is 0.188. The second-order valence-electron chi connectivity index (χ2n) is 10.2. The van der Waals surface area contributed by atoms with Gasteiger partial charge in [-0.3, -0.25) is 0 Å². The van der Waals surface area contributed by atoms with Gasteiger partial charge in [-0.1, -0.05) is 60.7 Å². The summed E-state index contributed by atoms with van der Waals surface area (Å²) in [6.45, 7) is 1.90. The SMILES string of the molecule is COc1cc2c(cc1OCc1ccccc1)CC[N+](C)=C2CCc1cc(OC)c(OC)c(OCc2ccccc2)c1. The molecule has 0 saturated heterocycles. The molecular formula is C35H38NO5+.